The van der Waals surface area contributed by atoms with Gasteiger partial charge in [-0.2, -0.15) is 13.2 Å². The molecule has 112 valence electrons. The third-order valence-corrected chi connectivity index (χ3v) is 5.19. The second-order valence-corrected chi connectivity index (χ2v) is 6.71. The van der Waals surface area contributed by atoms with Gasteiger partial charge in [0, 0.05) is 10.6 Å². The first kappa shape index (κ1) is 14.6. The molecule has 1 aliphatic rings. The van der Waals surface area contributed by atoms with Crippen LogP contribution < -0.4 is 5.32 Å². The molecule has 0 saturated carbocycles. The maximum absolute atomic E-state index is 13.4. The fourth-order valence-electron chi connectivity index (χ4n) is 2.14. The number of nitrogens with zero attached hydrogens (tertiary/aromatic N) is 1. The van der Waals surface area contributed by atoms with Gasteiger partial charge in [0.2, 0.25) is 0 Å². The Morgan fingerprint density at radius 1 is 1.29 bits per heavy atom. The molecule has 1 N–H and O–H groups in total. The molecular formula is C13H10F4N2S2. The summed E-state index contributed by atoms with van der Waals surface area (Å²) >= 11 is 2.18. The minimum absolute atomic E-state index is 0.203. The van der Waals surface area contributed by atoms with Crippen LogP contribution in [-0.4, -0.2) is 10.7 Å². The van der Waals surface area contributed by atoms with E-state index in [1.54, 1.807) is 17.8 Å². The molecule has 2 nitrogen and oxygen atoms in total. The first-order valence-electron chi connectivity index (χ1n) is 6.15. The van der Waals surface area contributed by atoms with E-state index in [1.807, 2.05) is 0 Å². The maximum Gasteiger partial charge on any atom is 0.427 e. The van der Waals surface area contributed by atoms with Gasteiger partial charge < -0.3 is 5.32 Å². The van der Waals surface area contributed by atoms with Crippen LogP contribution in [0, 0.1) is 5.82 Å². The van der Waals surface area contributed by atoms with Gasteiger partial charge >= 0.3 is 6.18 Å². The Labute approximate surface area is 126 Å². The molecule has 1 atom stereocenters. The summed E-state index contributed by atoms with van der Waals surface area (Å²) in [4.78, 5) is 3.97. The van der Waals surface area contributed by atoms with Crippen molar-refractivity contribution in [3.05, 3.63) is 40.7 Å². The van der Waals surface area contributed by atoms with Gasteiger partial charge in [-0.15, -0.1) is 11.8 Å². The first-order chi connectivity index (χ1) is 9.93. The Bertz CT molecular complexity index is 654. The maximum atomic E-state index is 13.4. The lowest BCUT2D eigenvalue weighted by molar-refractivity contribution is -0.134. The molecule has 2 heterocycles. The summed E-state index contributed by atoms with van der Waals surface area (Å²) in [5.41, 5.74) is 0.773. The molecule has 1 aliphatic heterocycles. The van der Waals surface area contributed by atoms with E-state index in [-0.39, 0.29) is 17.0 Å². The van der Waals surface area contributed by atoms with E-state index in [0.29, 0.717) is 17.8 Å². The van der Waals surface area contributed by atoms with Gasteiger partial charge in [-0.25, -0.2) is 9.37 Å². The minimum atomic E-state index is -4.38. The third kappa shape index (κ3) is 3.16. The molecule has 0 radical (unpaired) electrons. The number of alkyl halides is 3. The summed E-state index contributed by atoms with van der Waals surface area (Å²) in [5, 5.41) is 3.19. The van der Waals surface area contributed by atoms with Gasteiger partial charge in [-0.3, -0.25) is 0 Å². The molecule has 0 spiro atoms. The van der Waals surface area contributed by atoms with Crippen LogP contribution in [0.25, 0.3) is 0 Å². The van der Waals surface area contributed by atoms with Gasteiger partial charge in [0.1, 0.15) is 10.7 Å². The second-order valence-electron chi connectivity index (χ2n) is 4.54. The Hall–Kier alpha value is -1.28. The number of halogens is 4. The molecule has 1 aromatic heterocycles. The van der Waals surface area contributed by atoms with Crippen molar-refractivity contribution in [3.63, 3.8) is 0 Å². The molecule has 0 aliphatic carbocycles. The highest BCUT2D eigenvalue weighted by atomic mass is 32.2. The SMILES string of the molecule is Fc1ccc2c(c1)C(Nc1ncc(C(F)(F)F)s1)CCS2. The van der Waals surface area contributed by atoms with E-state index in [1.165, 1.54) is 12.1 Å². The third-order valence-electron chi connectivity index (χ3n) is 3.09. The van der Waals surface area contributed by atoms with Crippen molar-refractivity contribution < 1.29 is 17.6 Å². The van der Waals surface area contributed by atoms with E-state index in [0.717, 1.165) is 22.4 Å². The number of fused-ring (bicyclic) bond motifs is 1. The van der Waals surface area contributed by atoms with E-state index in [9.17, 15) is 17.6 Å². The zero-order valence-electron chi connectivity index (χ0n) is 10.6. The van der Waals surface area contributed by atoms with Gasteiger partial charge in [0.25, 0.3) is 0 Å². The van der Waals surface area contributed by atoms with Crippen molar-refractivity contribution in [1.82, 2.24) is 4.98 Å². The van der Waals surface area contributed by atoms with Crippen molar-refractivity contribution in [3.8, 4) is 0 Å². The Morgan fingerprint density at radius 3 is 2.81 bits per heavy atom. The van der Waals surface area contributed by atoms with Crippen molar-refractivity contribution in [2.24, 2.45) is 0 Å². The van der Waals surface area contributed by atoms with Gasteiger partial charge in [0.15, 0.2) is 5.13 Å². The van der Waals surface area contributed by atoms with Crippen LogP contribution in [0.2, 0.25) is 0 Å². The van der Waals surface area contributed by atoms with E-state index < -0.39 is 11.1 Å². The topological polar surface area (TPSA) is 24.9 Å². The number of thiazole rings is 1. The van der Waals surface area contributed by atoms with Crippen molar-refractivity contribution in [1.29, 1.82) is 0 Å². The Morgan fingerprint density at radius 2 is 2.10 bits per heavy atom. The average molecular weight is 334 g/mol. The second kappa shape index (κ2) is 5.49. The minimum Gasteiger partial charge on any atom is -0.355 e. The molecule has 2 aromatic rings. The number of hydrogen-bond donors (Lipinski definition) is 1. The van der Waals surface area contributed by atoms with Crippen LogP contribution in [0.4, 0.5) is 22.7 Å². The number of rotatable bonds is 2. The van der Waals surface area contributed by atoms with Crippen molar-refractivity contribution in [2.45, 2.75) is 23.5 Å². The summed E-state index contributed by atoms with van der Waals surface area (Å²) in [6, 6.07) is 4.30. The molecule has 1 unspecified atom stereocenters. The number of hydrogen-bond acceptors (Lipinski definition) is 4. The standard InChI is InChI=1S/C13H10F4N2S2/c14-7-1-2-10-8(5-7)9(3-4-20-10)19-12-18-6-11(21-12)13(15,16)17/h1-2,5-6,9H,3-4H2,(H,18,19). The van der Waals surface area contributed by atoms with Crippen molar-refractivity contribution in [2.75, 3.05) is 11.1 Å². The highest BCUT2D eigenvalue weighted by molar-refractivity contribution is 7.99. The van der Waals surface area contributed by atoms with Gasteiger partial charge in [-0.05, 0) is 30.2 Å². The summed E-state index contributed by atoms with van der Waals surface area (Å²) in [6.07, 6.45) is -2.86. The Kier molecular flexibility index (Phi) is 3.83. The molecule has 1 aromatic carbocycles. The Balaban J connectivity index is 1.83. The number of anilines is 1. The number of thioether (sulfide) groups is 1. The molecular weight excluding hydrogens is 324 g/mol. The monoisotopic (exact) mass is 334 g/mol. The predicted octanol–water partition coefficient (Wildman–Crippen LogP) is 4.95. The molecule has 3 rings (SSSR count). The lowest BCUT2D eigenvalue weighted by atomic mass is 10.0. The van der Waals surface area contributed by atoms with E-state index in [4.69, 9.17) is 0 Å². The van der Waals surface area contributed by atoms with Crippen molar-refractivity contribution >= 4 is 28.2 Å². The van der Waals surface area contributed by atoms with Crippen LogP contribution in [0.3, 0.4) is 0 Å². The largest absolute Gasteiger partial charge is 0.427 e. The smallest absolute Gasteiger partial charge is 0.355 e. The van der Waals surface area contributed by atoms with Crippen LogP contribution in [-0.2, 0) is 6.18 Å². The molecule has 8 heteroatoms. The summed E-state index contributed by atoms with van der Waals surface area (Å²) in [6.45, 7) is 0. The van der Waals surface area contributed by atoms with E-state index in [2.05, 4.69) is 10.3 Å². The summed E-state index contributed by atoms with van der Waals surface area (Å²) in [7, 11) is 0. The highest BCUT2D eigenvalue weighted by Gasteiger charge is 2.33. The average Bonchev–Trinajstić information content (AvgIpc) is 2.88. The fraction of sp³-hybridized carbons (Fsp3) is 0.308. The zero-order valence-corrected chi connectivity index (χ0v) is 12.2. The lowest BCUT2D eigenvalue weighted by Gasteiger charge is -2.25. The zero-order chi connectivity index (χ0) is 15.0. The summed E-state index contributed by atoms with van der Waals surface area (Å²) in [5.74, 6) is 0.478. The molecule has 0 bridgehead atoms. The number of benzene rings is 1. The number of nitrogens with one attached hydrogen (secondary N) is 1. The fourth-order valence-corrected chi connectivity index (χ4v) is 3.98. The number of aromatic nitrogens is 1. The van der Waals surface area contributed by atoms with Crippen LogP contribution >= 0.6 is 23.1 Å². The highest BCUT2D eigenvalue weighted by Crippen LogP contribution is 2.40. The molecule has 0 amide bonds. The van der Waals surface area contributed by atoms with Crippen LogP contribution in [0.1, 0.15) is 22.9 Å². The van der Waals surface area contributed by atoms with E-state index >= 15 is 0 Å². The normalized spacial score (nSPS) is 18.4. The van der Waals surface area contributed by atoms with Crippen LogP contribution in [0.15, 0.2) is 29.3 Å². The van der Waals surface area contributed by atoms with Gasteiger partial charge in [-0.1, -0.05) is 11.3 Å². The molecule has 0 saturated heterocycles. The quantitative estimate of drug-likeness (QED) is 0.787. The predicted molar refractivity (Wildman–Crippen MR) is 75.2 cm³/mol. The summed E-state index contributed by atoms with van der Waals surface area (Å²) < 4.78 is 51.1. The first-order valence-corrected chi connectivity index (χ1v) is 7.95. The van der Waals surface area contributed by atoms with Gasteiger partial charge in [0.05, 0.1) is 12.2 Å². The molecule has 0 fully saturated rings. The lowest BCUT2D eigenvalue weighted by Crippen LogP contribution is -2.16. The molecule has 21 heavy (non-hydrogen) atoms. The van der Waals surface area contributed by atoms with Crippen LogP contribution in [0.5, 0.6) is 0 Å².